The van der Waals surface area contributed by atoms with Gasteiger partial charge >= 0.3 is 0 Å². The van der Waals surface area contributed by atoms with Gasteiger partial charge in [0, 0.05) is 21.2 Å². The molecular weight excluding hydrogens is 298 g/mol. The molecule has 1 N–H and O–H groups in total. The van der Waals surface area contributed by atoms with Crippen LogP contribution in [0, 0.1) is 18.3 Å². The number of hydrogen-bond acceptors (Lipinski definition) is 4. The first-order chi connectivity index (χ1) is 8.19. The SMILES string of the molecule is Cc1csc(C(C#N)Nc2cccc(Br)c2)n1. The number of aromatic nitrogens is 1. The highest BCUT2D eigenvalue weighted by atomic mass is 79.9. The van der Waals surface area contributed by atoms with Gasteiger partial charge in [-0.25, -0.2) is 4.98 Å². The molecule has 0 amide bonds. The molecule has 17 heavy (non-hydrogen) atoms. The summed E-state index contributed by atoms with van der Waals surface area (Å²) >= 11 is 4.90. The molecule has 0 saturated heterocycles. The van der Waals surface area contributed by atoms with Crippen LogP contribution in [0.3, 0.4) is 0 Å². The van der Waals surface area contributed by atoms with Crippen LogP contribution in [0.5, 0.6) is 0 Å². The van der Waals surface area contributed by atoms with E-state index in [4.69, 9.17) is 5.26 Å². The Kier molecular flexibility index (Phi) is 3.77. The molecule has 1 aromatic heterocycles. The quantitative estimate of drug-likeness (QED) is 0.936. The molecule has 1 heterocycles. The maximum atomic E-state index is 9.16. The van der Waals surface area contributed by atoms with Crippen molar-refractivity contribution in [1.82, 2.24) is 4.98 Å². The number of anilines is 1. The molecule has 3 nitrogen and oxygen atoms in total. The van der Waals surface area contributed by atoms with E-state index < -0.39 is 6.04 Å². The van der Waals surface area contributed by atoms with Crippen LogP contribution in [0.4, 0.5) is 5.69 Å². The number of benzene rings is 1. The number of nitriles is 1. The molecular formula is C12H10BrN3S. The van der Waals surface area contributed by atoms with E-state index in [0.29, 0.717) is 0 Å². The van der Waals surface area contributed by atoms with Crippen LogP contribution in [0.25, 0.3) is 0 Å². The summed E-state index contributed by atoms with van der Waals surface area (Å²) in [4.78, 5) is 4.32. The largest absolute Gasteiger partial charge is 0.364 e. The fourth-order valence-corrected chi connectivity index (χ4v) is 2.59. The third-order valence-electron chi connectivity index (χ3n) is 2.15. The van der Waals surface area contributed by atoms with Crippen LogP contribution in [-0.2, 0) is 0 Å². The molecule has 2 rings (SSSR count). The van der Waals surface area contributed by atoms with Crippen molar-refractivity contribution in [3.8, 4) is 6.07 Å². The first-order valence-corrected chi connectivity index (χ1v) is 6.70. The van der Waals surface area contributed by atoms with Crippen molar-refractivity contribution < 1.29 is 0 Å². The predicted molar refractivity (Wildman–Crippen MR) is 73.0 cm³/mol. The van der Waals surface area contributed by atoms with Crippen molar-refractivity contribution in [3.05, 3.63) is 44.8 Å². The van der Waals surface area contributed by atoms with E-state index in [1.807, 2.05) is 36.6 Å². The number of thiazole rings is 1. The van der Waals surface area contributed by atoms with Gasteiger partial charge in [0.15, 0.2) is 6.04 Å². The Morgan fingerprint density at radius 3 is 2.94 bits per heavy atom. The summed E-state index contributed by atoms with van der Waals surface area (Å²) in [5.74, 6) is 0. The molecule has 0 bridgehead atoms. The Balaban J connectivity index is 2.19. The molecule has 2 aromatic rings. The Labute approximate surface area is 112 Å². The highest BCUT2D eigenvalue weighted by Crippen LogP contribution is 2.23. The maximum Gasteiger partial charge on any atom is 0.166 e. The molecule has 0 saturated carbocycles. The second kappa shape index (κ2) is 5.30. The summed E-state index contributed by atoms with van der Waals surface area (Å²) in [5, 5.41) is 15.1. The lowest BCUT2D eigenvalue weighted by Gasteiger charge is -2.10. The summed E-state index contributed by atoms with van der Waals surface area (Å²) in [6.07, 6.45) is 0. The molecule has 1 unspecified atom stereocenters. The number of aryl methyl sites for hydroxylation is 1. The molecule has 0 spiro atoms. The Morgan fingerprint density at radius 1 is 1.53 bits per heavy atom. The van der Waals surface area contributed by atoms with E-state index >= 15 is 0 Å². The van der Waals surface area contributed by atoms with E-state index in [0.717, 1.165) is 20.9 Å². The number of nitrogens with one attached hydrogen (secondary N) is 1. The first-order valence-electron chi connectivity index (χ1n) is 5.03. The lowest BCUT2D eigenvalue weighted by Crippen LogP contribution is -2.08. The van der Waals surface area contributed by atoms with Crippen molar-refractivity contribution in [2.45, 2.75) is 13.0 Å². The minimum atomic E-state index is -0.400. The van der Waals surface area contributed by atoms with Gasteiger partial charge in [0.1, 0.15) is 5.01 Å². The van der Waals surface area contributed by atoms with Gasteiger partial charge in [-0.2, -0.15) is 5.26 Å². The monoisotopic (exact) mass is 307 g/mol. The molecule has 0 aliphatic heterocycles. The maximum absolute atomic E-state index is 9.16. The van der Waals surface area contributed by atoms with E-state index in [2.05, 4.69) is 32.3 Å². The van der Waals surface area contributed by atoms with Crippen LogP contribution in [0.15, 0.2) is 34.1 Å². The van der Waals surface area contributed by atoms with Crippen LogP contribution < -0.4 is 5.32 Å². The predicted octanol–water partition coefficient (Wildman–Crippen LogP) is 3.89. The summed E-state index contributed by atoms with van der Waals surface area (Å²) in [6, 6.07) is 9.55. The summed E-state index contributed by atoms with van der Waals surface area (Å²) in [7, 11) is 0. The fourth-order valence-electron chi connectivity index (χ4n) is 1.40. The molecule has 0 aliphatic carbocycles. The first kappa shape index (κ1) is 12.1. The number of halogens is 1. The van der Waals surface area contributed by atoms with Gasteiger partial charge in [0.25, 0.3) is 0 Å². The lowest BCUT2D eigenvalue weighted by molar-refractivity contribution is 0.963. The molecule has 0 radical (unpaired) electrons. The molecule has 0 aliphatic rings. The normalized spacial score (nSPS) is 11.8. The van der Waals surface area contributed by atoms with Gasteiger partial charge in [-0.3, -0.25) is 0 Å². The zero-order chi connectivity index (χ0) is 12.3. The summed E-state index contributed by atoms with van der Waals surface area (Å²) in [6.45, 7) is 1.92. The van der Waals surface area contributed by atoms with Gasteiger partial charge in [-0.1, -0.05) is 22.0 Å². The van der Waals surface area contributed by atoms with E-state index in [9.17, 15) is 0 Å². The van der Waals surface area contributed by atoms with Crippen LogP contribution in [0.1, 0.15) is 16.7 Å². The zero-order valence-corrected chi connectivity index (χ0v) is 11.5. The van der Waals surface area contributed by atoms with Crippen LogP contribution >= 0.6 is 27.3 Å². The van der Waals surface area contributed by atoms with Gasteiger partial charge in [0.2, 0.25) is 0 Å². The Bertz CT molecular complexity index is 559. The van der Waals surface area contributed by atoms with Gasteiger partial charge in [-0.05, 0) is 25.1 Å². The Morgan fingerprint density at radius 2 is 2.35 bits per heavy atom. The zero-order valence-electron chi connectivity index (χ0n) is 9.14. The molecule has 86 valence electrons. The third kappa shape index (κ3) is 3.05. The molecule has 0 fully saturated rings. The van der Waals surface area contributed by atoms with Crippen LogP contribution in [-0.4, -0.2) is 4.98 Å². The number of rotatable bonds is 3. The van der Waals surface area contributed by atoms with Gasteiger partial charge in [0.05, 0.1) is 6.07 Å². The highest BCUT2D eigenvalue weighted by molar-refractivity contribution is 9.10. The van der Waals surface area contributed by atoms with Crippen molar-refractivity contribution in [3.63, 3.8) is 0 Å². The standard InChI is InChI=1S/C12H10BrN3S/c1-8-7-17-12(15-8)11(6-14)16-10-4-2-3-9(13)5-10/h2-5,7,11,16H,1H3. The fraction of sp³-hybridized carbons (Fsp3) is 0.167. The minimum Gasteiger partial charge on any atom is -0.364 e. The second-order valence-electron chi connectivity index (χ2n) is 3.54. The molecule has 5 heteroatoms. The average Bonchev–Trinajstić information content (AvgIpc) is 2.73. The lowest BCUT2D eigenvalue weighted by atomic mass is 10.2. The smallest absolute Gasteiger partial charge is 0.166 e. The molecule has 1 aromatic carbocycles. The van der Waals surface area contributed by atoms with Gasteiger partial charge < -0.3 is 5.32 Å². The molecule has 1 atom stereocenters. The average molecular weight is 308 g/mol. The van der Waals surface area contributed by atoms with E-state index in [1.165, 1.54) is 11.3 Å². The summed E-state index contributed by atoms with van der Waals surface area (Å²) in [5.41, 5.74) is 1.85. The number of nitrogens with zero attached hydrogens (tertiary/aromatic N) is 2. The topological polar surface area (TPSA) is 48.7 Å². The van der Waals surface area contributed by atoms with Crippen molar-refractivity contribution in [1.29, 1.82) is 5.26 Å². The Hall–Kier alpha value is -1.38. The highest BCUT2D eigenvalue weighted by Gasteiger charge is 2.13. The van der Waals surface area contributed by atoms with Crippen molar-refractivity contribution in [2.24, 2.45) is 0 Å². The minimum absolute atomic E-state index is 0.400. The van der Waals surface area contributed by atoms with Crippen molar-refractivity contribution >= 4 is 33.0 Å². The van der Waals surface area contributed by atoms with E-state index in [-0.39, 0.29) is 0 Å². The van der Waals surface area contributed by atoms with Gasteiger partial charge in [-0.15, -0.1) is 11.3 Å². The second-order valence-corrected chi connectivity index (χ2v) is 5.35. The summed E-state index contributed by atoms with van der Waals surface area (Å²) < 4.78 is 0.981. The van der Waals surface area contributed by atoms with Crippen molar-refractivity contribution in [2.75, 3.05) is 5.32 Å². The van der Waals surface area contributed by atoms with E-state index in [1.54, 1.807) is 0 Å². The third-order valence-corrected chi connectivity index (χ3v) is 3.67. The number of hydrogen-bond donors (Lipinski definition) is 1. The van der Waals surface area contributed by atoms with Crippen LogP contribution in [0.2, 0.25) is 0 Å².